The molecule has 176 valence electrons. The van der Waals surface area contributed by atoms with Crippen LogP contribution in [0.3, 0.4) is 0 Å². The number of aromatic hydroxyl groups is 1. The number of aromatic nitrogens is 1. The topological polar surface area (TPSA) is 80.7 Å². The van der Waals surface area contributed by atoms with Crippen molar-refractivity contribution in [2.45, 2.75) is 12.0 Å². The fourth-order valence-corrected chi connectivity index (χ4v) is 4.46. The Balaban J connectivity index is 1.58. The zero-order valence-electron chi connectivity index (χ0n) is 19.0. The molecule has 1 aliphatic rings. The number of carbonyl (C=O) groups is 1. The quantitative estimate of drug-likeness (QED) is 0.426. The second-order valence-corrected chi connectivity index (χ2v) is 8.25. The number of nitrogens with one attached hydrogen (secondary N) is 1. The van der Waals surface area contributed by atoms with Crippen LogP contribution in [0, 0.1) is 5.82 Å². The summed E-state index contributed by atoms with van der Waals surface area (Å²) < 4.78 is 24.5. The van der Waals surface area contributed by atoms with Crippen LogP contribution in [0.4, 0.5) is 4.39 Å². The van der Waals surface area contributed by atoms with Gasteiger partial charge in [0.05, 0.1) is 13.7 Å². The Morgan fingerprint density at radius 2 is 1.83 bits per heavy atom. The summed E-state index contributed by atoms with van der Waals surface area (Å²) in [6, 6.07) is 21.9. The highest BCUT2D eigenvalue weighted by molar-refractivity contribution is 5.95. The van der Waals surface area contributed by atoms with Gasteiger partial charge in [-0.25, -0.2) is 4.39 Å². The maximum absolute atomic E-state index is 13.4. The van der Waals surface area contributed by atoms with E-state index in [-0.39, 0.29) is 11.7 Å². The lowest BCUT2D eigenvalue weighted by molar-refractivity contribution is 0.0883. The van der Waals surface area contributed by atoms with Crippen LogP contribution in [0.5, 0.6) is 17.2 Å². The minimum Gasteiger partial charge on any atom is -0.504 e. The molecule has 6 nitrogen and oxygen atoms in total. The van der Waals surface area contributed by atoms with Crippen molar-refractivity contribution in [2.75, 3.05) is 13.7 Å². The van der Waals surface area contributed by atoms with Gasteiger partial charge in [-0.2, -0.15) is 0 Å². The minimum atomic E-state index is -0.963. The van der Waals surface area contributed by atoms with Crippen molar-refractivity contribution in [3.63, 3.8) is 0 Å². The summed E-state index contributed by atoms with van der Waals surface area (Å²) in [7, 11) is 1.51. The van der Waals surface area contributed by atoms with Gasteiger partial charge in [-0.05, 0) is 53.6 Å². The van der Waals surface area contributed by atoms with Gasteiger partial charge in [0.25, 0.3) is 5.91 Å². The maximum Gasteiger partial charge on any atom is 0.252 e. The van der Waals surface area contributed by atoms with Crippen LogP contribution in [0.15, 0.2) is 85.1 Å². The first-order valence-corrected chi connectivity index (χ1v) is 11.1. The standard InChI is InChI=1S/C28H23FN2O4/c1-34-23-5-2-4-22(25(23)32)18-7-11-20(12-8-18)28(15-17-35-24-6-3-16-30-26(24)28)31-27(33)19-9-13-21(29)14-10-19/h2-14,16,32H,15,17H2,1H3,(H,31,33)/t28-/m0/s1. The van der Waals surface area contributed by atoms with Gasteiger partial charge in [0.1, 0.15) is 22.8 Å². The summed E-state index contributed by atoms with van der Waals surface area (Å²) in [5.74, 6) is 0.272. The van der Waals surface area contributed by atoms with E-state index in [1.807, 2.05) is 42.5 Å². The molecule has 1 amide bonds. The van der Waals surface area contributed by atoms with Crippen molar-refractivity contribution in [1.82, 2.24) is 10.3 Å². The van der Waals surface area contributed by atoms with E-state index >= 15 is 0 Å². The summed E-state index contributed by atoms with van der Waals surface area (Å²) >= 11 is 0. The predicted octanol–water partition coefficient (Wildman–Crippen LogP) is 5.06. The lowest BCUT2D eigenvalue weighted by Crippen LogP contribution is -2.50. The molecule has 1 atom stereocenters. The van der Waals surface area contributed by atoms with E-state index in [1.165, 1.54) is 31.4 Å². The number of benzene rings is 3. The van der Waals surface area contributed by atoms with Gasteiger partial charge in [0.15, 0.2) is 11.5 Å². The van der Waals surface area contributed by atoms with E-state index in [2.05, 4.69) is 10.3 Å². The van der Waals surface area contributed by atoms with Crippen LogP contribution in [0.1, 0.15) is 28.0 Å². The summed E-state index contributed by atoms with van der Waals surface area (Å²) in [4.78, 5) is 17.8. The third-order valence-electron chi connectivity index (χ3n) is 6.25. The fraction of sp³-hybridized carbons (Fsp3) is 0.143. The molecule has 0 fully saturated rings. The van der Waals surface area contributed by atoms with Crippen molar-refractivity contribution >= 4 is 5.91 Å². The van der Waals surface area contributed by atoms with Crippen LogP contribution in [-0.2, 0) is 5.54 Å². The lowest BCUT2D eigenvalue weighted by Gasteiger charge is -2.39. The van der Waals surface area contributed by atoms with Gasteiger partial charge < -0.3 is 19.9 Å². The summed E-state index contributed by atoms with van der Waals surface area (Å²) in [6.07, 6.45) is 2.11. The number of phenols is 1. The van der Waals surface area contributed by atoms with E-state index < -0.39 is 11.4 Å². The number of pyridine rings is 1. The minimum absolute atomic E-state index is 0.0557. The van der Waals surface area contributed by atoms with Gasteiger partial charge in [0.2, 0.25) is 0 Å². The molecule has 0 saturated carbocycles. The van der Waals surface area contributed by atoms with Crippen molar-refractivity contribution in [2.24, 2.45) is 0 Å². The number of methoxy groups -OCH3 is 1. The predicted molar refractivity (Wildman–Crippen MR) is 129 cm³/mol. The number of hydrogen-bond donors (Lipinski definition) is 2. The van der Waals surface area contributed by atoms with E-state index in [4.69, 9.17) is 9.47 Å². The largest absolute Gasteiger partial charge is 0.504 e. The molecule has 2 heterocycles. The number of ether oxygens (including phenoxy) is 2. The molecule has 0 spiro atoms. The highest BCUT2D eigenvalue weighted by Gasteiger charge is 2.42. The number of amides is 1. The lowest BCUT2D eigenvalue weighted by atomic mass is 9.80. The third kappa shape index (κ3) is 4.05. The van der Waals surface area contributed by atoms with E-state index in [0.717, 1.165) is 11.1 Å². The third-order valence-corrected chi connectivity index (χ3v) is 6.25. The number of fused-ring (bicyclic) bond motifs is 1. The molecule has 3 aromatic carbocycles. The Morgan fingerprint density at radius 1 is 1.06 bits per heavy atom. The number of carbonyl (C=O) groups excluding carboxylic acids is 1. The molecule has 0 bridgehead atoms. The van der Waals surface area contributed by atoms with Crippen molar-refractivity contribution in [3.05, 3.63) is 108 Å². The Hall–Kier alpha value is -4.39. The van der Waals surface area contributed by atoms with E-state index in [0.29, 0.717) is 41.3 Å². The highest BCUT2D eigenvalue weighted by Crippen LogP contribution is 2.42. The Labute approximate surface area is 202 Å². The van der Waals surface area contributed by atoms with Crippen LogP contribution in [-0.4, -0.2) is 29.7 Å². The molecule has 4 aromatic rings. The molecular weight excluding hydrogens is 447 g/mol. The Bertz CT molecular complexity index is 1370. The zero-order valence-corrected chi connectivity index (χ0v) is 19.0. The normalized spacial score (nSPS) is 16.6. The van der Waals surface area contributed by atoms with Gasteiger partial charge in [-0.1, -0.05) is 36.4 Å². The fourth-order valence-electron chi connectivity index (χ4n) is 4.46. The number of nitrogens with zero attached hydrogens (tertiary/aromatic N) is 1. The molecule has 1 aromatic heterocycles. The van der Waals surface area contributed by atoms with Gasteiger partial charge in [-0.15, -0.1) is 0 Å². The number of phenolic OH excluding ortho intramolecular Hbond substituents is 1. The molecule has 0 unspecified atom stereocenters. The molecule has 2 N–H and O–H groups in total. The molecule has 0 saturated heterocycles. The molecule has 0 radical (unpaired) electrons. The highest BCUT2D eigenvalue weighted by atomic mass is 19.1. The molecule has 7 heteroatoms. The van der Waals surface area contributed by atoms with Crippen LogP contribution in [0.2, 0.25) is 0 Å². The summed E-state index contributed by atoms with van der Waals surface area (Å²) in [5.41, 5.74) is 2.20. The van der Waals surface area contributed by atoms with Gasteiger partial charge >= 0.3 is 0 Å². The van der Waals surface area contributed by atoms with Crippen molar-refractivity contribution in [1.29, 1.82) is 0 Å². The first-order valence-electron chi connectivity index (χ1n) is 11.1. The van der Waals surface area contributed by atoms with E-state index in [9.17, 15) is 14.3 Å². The van der Waals surface area contributed by atoms with Crippen LogP contribution < -0.4 is 14.8 Å². The second-order valence-electron chi connectivity index (χ2n) is 8.25. The first kappa shape index (κ1) is 22.4. The number of para-hydroxylation sites is 1. The smallest absolute Gasteiger partial charge is 0.252 e. The van der Waals surface area contributed by atoms with Crippen molar-refractivity contribution < 1.29 is 23.8 Å². The van der Waals surface area contributed by atoms with Crippen LogP contribution in [0.25, 0.3) is 11.1 Å². The SMILES string of the molecule is COc1cccc(-c2ccc([C@@]3(NC(=O)c4ccc(F)cc4)CCOc4cccnc43)cc2)c1O. The average molecular weight is 471 g/mol. The van der Waals surface area contributed by atoms with E-state index in [1.54, 1.807) is 18.3 Å². The average Bonchev–Trinajstić information content (AvgIpc) is 2.89. The summed E-state index contributed by atoms with van der Waals surface area (Å²) in [5, 5.41) is 13.7. The Morgan fingerprint density at radius 3 is 2.57 bits per heavy atom. The molecule has 0 aliphatic carbocycles. The van der Waals surface area contributed by atoms with Crippen molar-refractivity contribution in [3.8, 4) is 28.4 Å². The van der Waals surface area contributed by atoms with Crippen LogP contribution >= 0.6 is 0 Å². The molecule has 1 aliphatic heterocycles. The number of rotatable bonds is 5. The molecule has 35 heavy (non-hydrogen) atoms. The van der Waals surface area contributed by atoms with Gasteiger partial charge in [0, 0.05) is 23.7 Å². The number of hydrogen-bond acceptors (Lipinski definition) is 5. The maximum atomic E-state index is 13.4. The second kappa shape index (κ2) is 9.10. The van der Waals surface area contributed by atoms with Gasteiger partial charge in [-0.3, -0.25) is 9.78 Å². The summed E-state index contributed by atoms with van der Waals surface area (Å²) in [6.45, 7) is 0.376. The molecule has 5 rings (SSSR count). The number of halogens is 1. The molecular formula is C28H23FN2O4. The first-order chi connectivity index (χ1) is 17.0. The Kier molecular flexibility index (Phi) is 5.82. The monoisotopic (exact) mass is 470 g/mol. The zero-order chi connectivity index (χ0) is 24.4.